The number of rotatable bonds is 2. The Kier molecular flexibility index (Phi) is 4.10. The average Bonchev–Trinajstić information content (AvgIpc) is 2.45. The second-order valence-electron chi connectivity index (χ2n) is 6.22. The quantitative estimate of drug-likeness (QED) is 0.779. The van der Waals surface area contributed by atoms with Gasteiger partial charge in [0.15, 0.2) is 0 Å². The molecule has 0 spiro atoms. The number of aromatic nitrogens is 2. The lowest BCUT2D eigenvalue weighted by molar-refractivity contribution is -0.185. The Morgan fingerprint density at radius 1 is 1.25 bits per heavy atom. The van der Waals surface area contributed by atoms with Crippen LogP contribution in [0.15, 0.2) is 20.1 Å². The van der Waals surface area contributed by atoms with Gasteiger partial charge in [0.1, 0.15) is 5.39 Å². The monoisotopic (exact) mass is 343 g/mol. The van der Waals surface area contributed by atoms with Gasteiger partial charge in [-0.1, -0.05) is 12.8 Å². The van der Waals surface area contributed by atoms with E-state index in [0.717, 1.165) is 0 Å². The Bertz CT molecular complexity index is 920. The summed E-state index contributed by atoms with van der Waals surface area (Å²) >= 11 is 0. The van der Waals surface area contributed by atoms with Crippen molar-refractivity contribution in [2.24, 2.45) is 11.8 Å². The Labute approximate surface area is 133 Å². The van der Waals surface area contributed by atoms with Crippen LogP contribution in [0.25, 0.3) is 11.1 Å². The maximum Gasteiger partial charge on any atom is 0.391 e. The number of hydrogen-bond donors (Lipinski definition) is 3. The van der Waals surface area contributed by atoms with Crippen molar-refractivity contribution in [2.75, 3.05) is 0 Å². The molecule has 0 amide bonds. The molecule has 2 aromatic rings. The van der Waals surface area contributed by atoms with E-state index < -0.39 is 23.3 Å². The first-order valence-corrected chi connectivity index (χ1v) is 7.64. The molecular formula is C15H16F3N3O3. The average molecular weight is 343 g/mol. The number of fused-ring (bicyclic) bond motifs is 1. The van der Waals surface area contributed by atoms with E-state index in [9.17, 15) is 22.8 Å². The molecule has 0 aliphatic heterocycles. The van der Waals surface area contributed by atoms with Gasteiger partial charge in [-0.15, -0.1) is 0 Å². The third kappa shape index (κ3) is 3.29. The van der Waals surface area contributed by atoms with Crippen LogP contribution >= 0.6 is 0 Å². The van der Waals surface area contributed by atoms with E-state index in [1.54, 1.807) is 0 Å². The van der Waals surface area contributed by atoms with Gasteiger partial charge < -0.3 is 4.42 Å². The predicted octanol–water partition coefficient (Wildman–Crippen LogP) is 2.20. The predicted molar refractivity (Wildman–Crippen MR) is 78.5 cm³/mol. The molecule has 1 aliphatic carbocycles. The summed E-state index contributed by atoms with van der Waals surface area (Å²) in [4.78, 5) is 27.7. The van der Waals surface area contributed by atoms with Gasteiger partial charge in [-0.05, 0) is 30.7 Å². The molecule has 3 N–H and O–H groups in total. The molecule has 2 unspecified atom stereocenters. The van der Waals surface area contributed by atoms with E-state index >= 15 is 0 Å². The molecule has 24 heavy (non-hydrogen) atoms. The lowest BCUT2D eigenvalue weighted by Gasteiger charge is -2.30. The molecule has 2 atom stereocenters. The third-order valence-corrected chi connectivity index (χ3v) is 4.50. The molecular weight excluding hydrogens is 327 g/mol. The normalized spacial score (nSPS) is 22.0. The molecule has 130 valence electrons. The first-order valence-electron chi connectivity index (χ1n) is 7.64. The van der Waals surface area contributed by atoms with Crippen LogP contribution in [0, 0.1) is 17.2 Å². The minimum absolute atomic E-state index is 0.00558. The van der Waals surface area contributed by atoms with Gasteiger partial charge in [0.25, 0.3) is 5.56 Å². The number of nitrogens with one attached hydrogen (secondary N) is 3. The maximum absolute atomic E-state index is 12.9. The molecule has 0 radical (unpaired) electrons. The molecule has 6 nitrogen and oxygen atoms in total. The minimum Gasteiger partial charge on any atom is -0.422 e. The van der Waals surface area contributed by atoms with E-state index in [0.29, 0.717) is 18.4 Å². The first-order chi connectivity index (χ1) is 11.2. The van der Waals surface area contributed by atoms with Crippen LogP contribution in [0.4, 0.5) is 13.2 Å². The summed E-state index contributed by atoms with van der Waals surface area (Å²) in [7, 11) is 0. The lowest BCUT2D eigenvalue weighted by Crippen LogP contribution is -2.30. The van der Waals surface area contributed by atoms with E-state index in [-0.39, 0.29) is 41.8 Å². The zero-order chi connectivity index (χ0) is 17.5. The van der Waals surface area contributed by atoms with Gasteiger partial charge >= 0.3 is 11.9 Å². The smallest absolute Gasteiger partial charge is 0.391 e. The lowest BCUT2D eigenvalue weighted by atomic mass is 9.78. The molecule has 1 fully saturated rings. The van der Waals surface area contributed by atoms with Crippen LogP contribution in [-0.2, 0) is 6.42 Å². The highest BCUT2D eigenvalue weighted by atomic mass is 19.4. The van der Waals surface area contributed by atoms with E-state index in [2.05, 4.69) is 9.97 Å². The number of alkyl halides is 3. The first kappa shape index (κ1) is 16.5. The molecule has 0 bridgehead atoms. The van der Waals surface area contributed by atoms with Crippen LogP contribution in [0.1, 0.15) is 31.2 Å². The topological polar surface area (TPSA) is 103 Å². The van der Waals surface area contributed by atoms with Crippen molar-refractivity contribution in [2.45, 2.75) is 38.3 Å². The third-order valence-electron chi connectivity index (χ3n) is 4.50. The summed E-state index contributed by atoms with van der Waals surface area (Å²) in [5, 5.41) is 7.72. The zero-order valence-corrected chi connectivity index (χ0v) is 12.6. The molecule has 2 aromatic heterocycles. The van der Waals surface area contributed by atoms with Crippen LogP contribution in [-0.4, -0.2) is 16.1 Å². The van der Waals surface area contributed by atoms with Gasteiger partial charge in [0, 0.05) is 6.07 Å². The van der Waals surface area contributed by atoms with Crippen molar-refractivity contribution in [1.82, 2.24) is 9.97 Å². The van der Waals surface area contributed by atoms with Crippen LogP contribution in [0.5, 0.6) is 0 Å². The Balaban J connectivity index is 1.97. The summed E-state index contributed by atoms with van der Waals surface area (Å²) in [5.74, 6) is -1.56. The van der Waals surface area contributed by atoms with E-state index in [1.807, 2.05) is 0 Å². The van der Waals surface area contributed by atoms with E-state index in [1.165, 1.54) is 6.07 Å². The second kappa shape index (κ2) is 5.95. The van der Waals surface area contributed by atoms with E-state index in [4.69, 9.17) is 9.83 Å². The molecule has 1 aliphatic rings. The highest BCUT2D eigenvalue weighted by Crippen LogP contribution is 2.41. The maximum atomic E-state index is 12.9. The SMILES string of the molecule is N=c1cc(CC2CCCC(C(F)(F)F)C2)c2c(=O)[nH]c(=O)[nH]c2o1. The summed E-state index contributed by atoms with van der Waals surface area (Å²) < 4.78 is 43.9. The van der Waals surface area contributed by atoms with Crippen molar-refractivity contribution < 1.29 is 17.6 Å². The van der Waals surface area contributed by atoms with Crippen LogP contribution in [0.3, 0.4) is 0 Å². The fourth-order valence-electron chi connectivity index (χ4n) is 3.45. The van der Waals surface area contributed by atoms with Gasteiger partial charge in [0.05, 0.1) is 5.92 Å². The van der Waals surface area contributed by atoms with Crippen LogP contribution in [0.2, 0.25) is 0 Å². The highest BCUT2D eigenvalue weighted by molar-refractivity contribution is 5.75. The summed E-state index contributed by atoms with van der Waals surface area (Å²) in [6, 6.07) is 1.33. The molecule has 1 saturated carbocycles. The largest absolute Gasteiger partial charge is 0.422 e. The van der Waals surface area contributed by atoms with Gasteiger partial charge in [-0.2, -0.15) is 13.2 Å². The van der Waals surface area contributed by atoms with Crippen molar-refractivity contribution in [1.29, 1.82) is 5.41 Å². The number of hydrogen-bond acceptors (Lipinski definition) is 4. The Morgan fingerprint density at radius 3 is 2.71 bits per heavy atom. The number of H-pyrrole nitrogens is 2. The Morgan fingerprint density at radius 2 is 2.00 bits per heavy atom. The second-order valence-corrected chi connectivity index (χ2v) is 6.22. The fraction of sp³-hybridized carbons (Fsp3) is 0.533. The van der Waals surface area contributed by atoms with Crippen molar-refractivity contribution >= 4 is 11.1 Å². The van der Waals surface area contributed by atoms with Crippen molar-refractivity contribution in [3.8, 4) is 0 Å². The van der Waals surface area contributed by atoms with Gasteiger partial charge in [-0.25, -0.2) is 4.79 Å². The minimum atomic E-state index is -4.21. The summed E-state index contributed by atoms with van der Waals surface area (Å²) in [6.07, 6.45) is -2.73. The van der Waals surface area contributed by atoms with Crippen molar-refractivity contribution in [3.05, 3.63) is 38.0 Å². The van der Waals surface area contributed by atoms with Crippen molar-refractivity contribution in [3.63, 3.8) is 0 Å². The van der Waals surface area contributed by atoms with Gasteiger partial charge in [-0.3, -0.25) is 20.2 Å². The highest BCUT2D eigenvalue weighted by Gasteiger charge is 2.42. The number of halogens is 3. The Hall–Kier alpha value is -2.32. The number of aromatic amines is 2. The fourth-order valence-corrected chi connectivity index (χ4v) is 3.45. The standard InChI is InChI=1S/C15H16F3N3O3/c16-15(17,18)9-3-1-2-7(5-9)4-8-6-10(19)24-13-11(8)12(22)20-14(23)21-13/h6-7,9,19H,1-5H2,(H2,20,21,22,23). The summed E-state index contributed by atoms with van der Waals surface area (Å²) in [6.45, 7) is 0. The molecule has 0 aromatic carbocycles. The molecule has 0 saturated heterocycles. The van der Waals surface area contributed by atoms with Crippen LogP contribution < -0.4 is 16.8 Å². The summed E-state index contributed by atoms with van der Waals surface area (Å²) in [5.41, 5.74) is -1.40. The van der Waals surface area contributed by atoms with Gasteiger partial charge in [0.2, 0.25) is 11.3 Å². The molecule has 9 heteroatoms. The molecule has 2 heterocycles. The zero-order valence-electron chi connectivity index (χ0n) is 12.6. The molecule has 3 rings (SSSR count).